The first kappa shape index (κ1) is 10.2. The summed E-state index contributed by atoms with van der Waals surface area (Å²) in [6.45, 7) is 0.0703. The number of nitrogens with two attached hydrogens (primary N) is 1. The molecule has 88 valence electrons. The van der Waals surface area contributed by atoms with E-state index in [1.165, 1.54) is 12.5 Å². The van der Waals surface area contributed by atoms with Crippen LogP contribution in [0, 0.1) is 0 Å². The van der Waals surface area contributed by atoms with Gasteiger partial charge in [0, 0.05) is 17.5 Å². The number of phenolic OH excluding ortho intramolecular Hbond substituents is 1. The number of rotatable bonds is 2. The van der Waals surface area contributed by atoms with E-state index < -0.39 is 6.10 Å². The lowest BCUT2D eigenvalue weighted by Crippen LogP contribution is -2.12. The van der Waals surface area contributed by atoms with Gasteiger partial charge in [-0.05, 0) is 12.1 Å². The highest BCUT2D eigenvalue weighted by atomic mass is 16.4. The van der Waals surface area contributed by atoms with Gasteiger partial charge in [-0.1, -0.05) is 0 Å². The number of hydrogen-bond donors (Lipinski definition) is 3. The summed E-state index contributed by atoms with van der Waals surface area (Å²) in [5, 5.41) is 21.1. The Kier molecular flexibility index (Phi) is 2.10. The fourth-order valence-corrected chi connectivity index (χ4v) is 2.10. The molecule has 0 saturated heterocycles. The fraction of sp³-hybridized carbons (Fsp3) is 0.167. The molecule has 1 atom stereocenters. The molecule has 2 heterocycles. The van der Waals surface area contributed by atoms with Gasteiger partial charge in [-0.2, -0.15) is 0 Å². The van der Waals surface area contributed by atoms with Gasteiger partial charge < -0.3 is 24.8 Å². The van der Waals surface area contributed by atoms with Gasteiger partial charge in [-0.3, -0.25) is 0 Å². The van der Waals surface area contributed by atoms with E-state index in [1.807, 2.05) is 0 Å². The van der Waals surface area contributed by atoms with Crippen molar-refractivity contribution in [1.82, 2.24) is 0 Å². The highest BCUT2D eigenvalue weighted by Gasteiger charge is 2.22. The third kappa shape index (κ3) is 1.26. The predicted molar refractivity (Wildman–Crippen MR) is 61.7 cm³/mol. The summed E-state index contributed by atoms with van der Waals surface area (Å²) >= 11 is 0. The minimum absolute atomic E-state index is 0.0155. The zero-order chi connectivity index (χ0) is 12.0. The van der Waals surface area contributed by atoms with Crippen LogP contribution in [0.25, 0.3) is 21.9 Å². The normalized spacial score (nSPS) is 13.5. The maximum absolute atomic E-state index is 10.0. The molecule has 5 nitrogen and oxygen atoms in total. The van der Waals surface area contributed by atoms with Crippen molar-refractivity contribution in [1.29, 1.82) is 0 Å². The molecule has 0 aliphatic heterocycles. The van der Waals surface area contributed by atoms with Crippen molar-refractivity contribution in [3.05, 3.63) is 30.2 Å². The van der Waals surface area contributed by atoms with Gasteiger partial charge in [0.25, 0.3) is 0 Å². The van der Waals surface area contributed by atoms with Crippen molar-refractivity contribution in [2.24, 2.45) is 5.73 Å². The topological polar surface area (TPSA) is 92.8 Å². The van der Waals surface area contributed by atoms with E-state index in [1.54, 1.807) is 12.1 Å². The lowest BCUT2D eigenvalue weighted by atomic mass is 10.0. The van der Waals surface area contributed by atoms with Crippen LogP contribution in [0.1, 0.15) is 11.7 Å². The van der Waals surface area contributed by atoms with E-state index in [0.29, 0.717) is 27.5 Å². The first-order valence-corrected chi connectivity index (χ1v) is 5.21. The van der Waals surface area contributed by atoms with Crippen LogP contribution in [-0.4, -0.2) is 16.8 Å². The van der Waals surface area contributed by atoms with E-state index in [9.17, 15) is 10.2 Å². The summed E-state index contributed by atoms with van der Waals surface area (Å²) in [6.07, 6.45) is 2.05. The Hall–Kier alpha value is -1.98. The van der Waals surface area contributed by atoms with Crippen LogP contribution < -0.4 is 5.73 Å². The fourth-order valence-electron chi connectivity index (χ4n) is 2.10. The average molecular weight is 233 g/mol. The molecule has 4 N–H and O–H groups in total. The van der Waals surface area contributed by atoms with Crippen molar-refractivity contribution in [3.63, 3.8) is 0 Å². The minimum atomic E-state index is -0.857. The molecule has 0 fully saturated rings. The molecular formula is C12H11NO4. The van der Waals surface area contributed by atoms with Crippen LogP contribution in [0.5, 0.6) is 5.75 Å². The Balaban J connectivity index is 2.52. The Morgan fingerprint density at radius 3 is 2.47 bits per heavy atom. The third-order valence-corrected chi connectivity index (χ3v) is 2.89. The standard InChI is InChI=1S/C12H11NO4/c13-5-8(14)9-6-1-3-17-12(6)10(15)7-2-4-16-11(7)9/h1-4,8,14-15H,5,13H2. The van der Waals surface area contributed by atoms with E-state index in [4.69, 9.17) is 14.6 Å². The van der Waals surface area contributed by atoms with Crippen molar-refractivity contribution >= 4 is 21.9 Å². The monoisotopic (exact) mass is 233 g/mol. The molecule has 0 aliphatic rings. The number of hydrogen-bond acceptors (Lipinski definition) is 5. The van der Waals surface area contributed by atoms with E-state index in [-0.39, 0.29) is 12.3 Å². The number of phenols is 1. The zero-order valence-corrected chi connectivity index (χ0v) is 8.88. The van der Waals surface area contributed by atoms with Gasteiger partial charge in [0.15, 0.2) is 11.3 Å². The van der Waals surface area contributed by atoms with Crippen LogP contribution in [0.15, 0.2) is 33.5 Å². The molecule has 17 heavy (non-hydrogen) atoms. The number of fused-ring (bicyclic) bond motifs is 2. The quantitative estimate of drug-likeness (QED) is 0.628. The summed E-state index contributed by atoms with van der Waals surface area (Å²) in [5.41, 5.74) is 6.80. The Morgan fingerprint density at radius 2 is 1.76 bits per heavy atom. The smallest absolute Gasteiger partial charge is 0.176 e. The molecule has 2 aromatic heterocycles. The molecule has 1 aromatic carbocycles. The van der Waals surface area contributed by atoms with E-state index >= 15 is 0 Å². The minimum Gasteiger partial charge on any atom is -0.504 e. The molecular weight excluding hydrogens is 222 g/mol. The molecule has 1 unspecified atom stereocenters. The molecule has 3 aromatic rings. The van der Waals surface area contributed by atoms with Gasteiger partial charge in [0.05, 0.1) is 24.0 Å². The first-order chi connectivity index (χ1) is 8.24. The van der Waals surface area contributed by atoms with Crippen molar-refractivity contribution < 1.29 is 19.0 Å². The van der Waals surface area contributed by atoms with Gasteiger partial charge in [-0.25, -0.2) is 0 Å². The SMILES string of the molecule is NCC(O)c1c2ccoc2c(O)c2ccoc12. The molecule has 5 heteroatoms. The second kappa shape index (κ2) is 3.51. The summed E-state index contributed by atoms with van der Waals surface area (Å²) in [5.74, 6) is 0.0155. The number of benzene rings is 1. The second-order valence-electron chi connectivity index (χ2n) is 3.84. The average Bonchev–Trinajstić information content (AvgIpc) is 2.96. The predicted octanol–water partition coefficient (Wildman–Crippen LogP) is 1.88. The van der Waals surface area contributed by atoms with E-state index in [2.05, 4.69) is 0 Å². The highest BCUT2D eigenvalue weighted by Crippen LogP contribution is 2.40. The Morgan fingerprint density at radius 1 is 1.12 bits per heavy atom. The second-order valence-corrected chi connectivity index (χ2v) is 3.84. The van der Waals surface area contributed by atoms with Crippen LogP contribution in [0.2, 0.25) is 0 Å². The zero-order valence-electron chi connectivity index (χ0n) is 8.88. The number of furan rings is 2. The van der Waals surface area contributed by atoms with Gasteiger partial charge in [0.1, 0.15) is 5.58 Å². The Bertz CT molecular complexity index is 630. The van der Waals surface area contributed by atoms with Crippen LogP contribution in [0.3, 0.4) is 0 Å². The third-order valence-electron chi connectivity index (χ3n) is 2.89. The molecule has 0 spiro atoms. The molecule has 0 amide bonds. The number of aliphatic hydroxyl groups excluding tert-OH is 1. The van der Waals surface area contributed by atoms with Crippen molar-refractivity contribution in [3.8, 4) is 5.75 Å². The van der Waals surface area contributed by atoms with Crippen LogP contribution in [-0.2, 0) is 0 Å². The lowest BCUT2D eigenvalue weighted by molar-refractivity contribution is 0.188. The largest absolute Gasteiger partial charge is 0.504 e. The summed E-state index contributed by atoms with van der Waals surface area (Å²) in [4.78, 5) is 0. The number of aliphatic hydroxyl groups is 1. The molecule has 3 rings (SSSR count). The number of aromatic hydroxyl groups is 1. The maximum Gasteiger partial charge on any atom is 0.176 e. The van der Waals surface area contributed by atoms with Crippen molar-refractivity contribution in [2.75, 3.05) is 6.54 Å². The molecule has 0 bridgehead atoms. The molecule has 0 aliphatic carbocycles. The Labute approximate surface area is 96.0 Å². The molecule has 0 saturated carbocycles. The van der Waals surface area contributed by atoms with Crippen LogP contribution in [0.4, 0.5) is 0 Å². The summed E-state index contributed by atoms with van der Waals surface area (Å²) < 4.78 is 10.5. The van der Waals surface area contributed by atoms with Gasteiger partial charge in [0.2, 0.25) is 0 Å². The van der Waals surface area contributed by atoms with Crippen molar-refractivity contribution in [2.45, 2.75) is 6.10 Å². The van der Waals surface area contributed by atoms with Gasteiger partial charge in [-0.15, -0.1) is 0 Å². The summed E-state index contributed by atoms with van der Waals surface area (Å²) in [7, 11) is 0. The maximum atomic E-state index is 10.0. The van der Waals surface area contributed by atoms with Crippen LogP contribution >= 0.6 is 0 Å². The van der Waals surface area contributed by atoms with E-state index in [0.717, 1.165) is 0 Å². The summed E-state index contributed by atoms with van der Waals surface area (Å²) in [6, 6.07) is 3.30. The molecule has 0 radical (unpaired) electrons. The highest BCUT2D eigenvalue weighted by molar-refractivity contribution is 6.04. The van der Waals surface area contributed by atoms with Gasteiger partial charge >= 0.3 is 0 Å². The lowest BCUT2D eigenvalue weighted by Gasteiger charge is -2.10. The first-order valence-electron chi connectivity index (χ1n) is 5.21.